The molecule has 0 bridgehead atoms. The summed E-state index contributed by atoms with van der Waals surface area (Å²) in [6, 6.07) is 3.70. The lowest BCUT2D eigenvalue weighted by molar-refractivity contribution is -0.121. The molecule has 1 atom stereocenters. The number of nitrogens with zero attached hydrogens (tertiary/aromatic N) is 1. The van der Waals surface area contributed by atoms with Crippen molar-refractivity contribution in [3.63, 3.8) is 0 Å². The maximum Gasteiger partial charge on any atom is 0.221 e. The quantitative estimate of drug-likeness (QED) is 0.685. The second-order valence-corrected chi connectivity index (χ2v) is 8.98. The van der Waals surface area contributed by atoms with Crippen molar-refractivity contribution >= 4 is 15.7 Å². The molecule has 0 aliphatic heterocycles. The van der Waals surface area contributed by atoms with E-state index in [-0.39, 0.29) is 29.4 Å². The van der Waals surface area contributed by atoms with Crippen molar-refractivity contribution in [1.29, 1.82) is 0 Å². The molecule has 1 amide bonds. The third kappa shape index (κ3) is 5.57. The third-order valence-corrected chi connectivity index (χ3v) is 7.30. The van der Waals surface area contributed by atoms with Gasteiger partial charge in [-0.15, -0.1) is 0 Å². The van der Waals surface area contributed by atoms with Crippen LogP contribution in [0.15, 0.2) is 22.8 Å². The van der Waals surface area contributed by atoms with E-state index in [9.17, 15) is 13.2 Å². The molecule has 1 heterocycles. The molecule has 0 aromatic carbocycles. The van der Waals surface area contributed by atoms with Gasteiger partial charge in [0.15, 0.2) is 9.84 Å². The fourth-order valence-electron chi connectivity index (χ4n) is 3.50. The Morgan fingerprint density at radius 1 is 1.32 bits per heavy atom. The molecule has 1 N–H and O–H groups in total. The Morgan fingerprint density at radius 3 is 2.56 bits per heavy atom. The minimum absolute atomic E-state index is 0.0297. The van der Waals surface area contributed by atoms with E-state index in [1.165, 1.54) is 0 Å². The van der Waals surface area contributed by atoms with Gasteiger partial charge < -0.3 is 9.73 Å². The van der Waals surface area contributed by atoms with Gasteiger partial charge in [-0.05, 0) is 38.1 Å². The molecule has 0 radical (unpaired) electrons. The Hall–Kier alpha value is -1.34. The van der Waals surface area contributed by atoms with E-state index < -0.39 is 9.84 Å². The Balaban J connectivity index is 1.86. The highest BCUT2D eigenvalue weighted by Gasteiger charge is 2.29. The summed E-state index contributed by atoms with van der Waals surface area (Å²) in [4.78, 5) is 14.4. The number of likely N-dealkylation sites (N-methyl/N-ethyl adjacent to an activating group) is 1. The van der Waals surface area contributed by atoms with Gasteiger partial charge in [-0.25, -0.2) is 8.42 Å². The summed E-state index contributed by atoms with van der Waals surface area (Å²) >= 11 is 0. The summed E-state index contributed by atoms with van der Waals surface area (Å²) in [7, 11) is -3.15. The second-order valence-electron chi connectivity index (χ2n) is 6.58. The predicted molar refractivity (Wildman–Crippen MR) is 98.0 cm³/mol. The molecule has 0 saturated heterocycles. The molecule has 1 aliphatic carbocycles. The Morgan fingerprint density at radius 2 is 2.00 bits per heavy atom. The van der Waals surface area contributed by atoms with Crippen LogP contribution in [-0.2, 0) is 14.6 Å². The van der Waals surface area contributed by atoms with Crippen LogP contribution >= 0.6 is 0 Å². The number of nitrogens with one attached hydrogen (secondary N) is 1. The molecular weight excluding hydrogens is 340 g/mol. The van der Waals surface area contributed by atoms with Gasteiger partial charge in [0.25, 0.3) is 0 Å². The number of carbonyl (C=O) groups excluding carboxylic acids is 1. The smallest absolute Gasteiger partial charge is 0.221 e. The number of furan rings is 1. The maximum atomic E-state index is 12.3. The molecule has 1 aliphatic rings. The van der Waals surface area contributed by atoms with E-state index in [1.807, 2.05) is 12.1 Å². The van der Waals surface area contributed by atoms with Gasteiger partial charge in [-0.2, -0.15) is 0 Å². The van der Waals surface area contributed by atoms with E-state index in [1.54, 1.807) is 6.26 Å². The normalized spacial score (nSPS) is 17.1. The van der Waals surface area contributed by atoms with Crippen LogP contribution in [0.1, 0.15) is 57.8 Å². The van der Waals surface area contributed by atoms with Crippen LogP contribution in [0.3, 0.4) is 0 Å². The van der Waals surface area contributed by atoms with E-state index in [0.717, 1.165) is 44.5 Å². The highest BCUT2D eigenvalue weighted by molar-refractivity contribution is 7.92. The number of carbonyl (C=O) groups is 1. The first-order valence-corrected chi connectivity index (χ1v) is 10.9. The topological polar surface area (TPSA) is 79.6 Å². The lowest BCUT2D eigenvalue weighted by Gasteiger charge is -2.28. The van der Waals surface area contributed by atoms with Crippen LogP contribution in [0.4, 0.5) is 0 Å². The average molecular weight is 371 g/mol. The van der Waals surface area contributed by atoms with E-state index in [4.69, 9.17) is 4.42 Å². The Bertz CT molecular complexity index is 618. The van der Waals surface area contributed by atoms with Crippen molar-refractivity contribution in [2.45, 2.75) is 57.2 Å². The zero-order valence-electron chi connectivity index (χ0n) is 15.2. The van der Waals surface area contributed by atoms with E-state index in [0.29, 0.717) is 6.54 Å². The first-order chi connectivity index (χ1) is 12.0. The molecule has 1 aromatic heterocycles. The molecule has 142 valence electrons. The number of rotatable bonds is 10. The maximum absolute atomic E-state index is 12.3. The summed E-state index contributed by atoms with van der Waals surface area (Å²) in [6.07, 6.45) is 5.10. The second kappa shape index (κ2) is 9.38. The van der Waals surface area contributed by atoms with Crippen LogP contribution in [-0.4, -0.2) is 49.9 Å². The lowest BCUT2D eigenvalue weighted by Crippen LogP contribution is -2.38. The molecule has 7 heteroatoms. The highest BCUT2D eigenvalue weighted by atomic mass is 32.2. The molecule has 1 aromatic rings. The zero-order chi connectivity index (χ0) is 18.3. The van der Waals surface area contributed by atoms with Gasteiger partial charge in [0.1, 0.15) is 5.76 Å². The third-order valence-electron chi connectivity index (χ3n) is 5.04. The van der Waals surface area contributed by atoms with Crippen LogP contribution in [0.25, 0.3) is 0 Å². The van der Waals surface area contributed by atoms with Gasteiger partial charge in [0, 0.05) is 13.0 Å². The minimum Gasteiger partial charge on any atom is -0.468 e. The molecule has 1 fully saturated rings. The summed E-state index contributed by atoms with van der Waals surface area (Å²) < 4.78 is 30.0. The summed E-state index contributed by atoms with van der Waals surface area (Å²) in [5.41, 5.74) is 0. The molecule has 0 unspecified atom stereocenters. The Kier molecular flexibility index (Phi) is 7.50. The number of hydrogen-bond acceptors (Lipinski definition) is 5. The van der Waals surface area contributed by atoms with Gasteiger partial charge in [0.2, 0.25) is 5.91 Å². The van der Waals surface area contributed by atoms with Crippen molar-refractivity contribution < 1.29 is 17.6 Å². The summed E-state index contributed by atoms with van der Waals surface area (Å²) in [6.45, 7) is 6.23. The number of amides is 1. The molecule has 6 nitrogen and oxygen atoms in total. The standard InChI is InChI=1S/C18H30N2O4S/c1-3-20(4-2)16(17-10-7-12-24-17)14-19-18(21)11-13-25(22,23)15-8-5-6-9-15/h7,10,12,15-16H,3-6,8-9,11,13-14H2,1-2H3,(H,19,21)/t16-/m1/s1. The fourth-order valence-corrected chi connectivity index (χ4v) is 5.36. The van der Waals surface area contributed by atoms with Crippen molar-refractivity contribution in [3.8, 4) is 0 Å². The molecular formula is C18H30N2O4S. The van der Waals surface area contributed by atoms with Crippen LogP contribution < -0.4 is 5.32 Å². The highest BCUT2D eigenvalue weighted by Crippen LogP contribution is 2.25. The number of sulfone groups is 1. The van der Waals surface area contributed by atoms with Crippen molar-refractivity contribution in [2.75, 3.05) is 25.4 Å². The van der Waals surface area contributed by atoms with Crippen molar-refractivity contribution in [2.24, 2.45) is 0 Å². The summed E-state index contributed by atoms with van der Waals surface area (Å²) in [5, 5.41) is 2.63. The predicted octanol–water partition coefficient (Wildman–Crippen LogP) is 2.53. The van der Waals surface area contributed by atoms with Gasteiger partial charge in [0.05, 0.1) is 23.3 Å². The van der Waals surface area contributed by atoms with Crippen molar-refractivity contribution in [1.82, 2.24) is 10.2 Å². The van der Waals surface area contributed by atoms with Gasteiger partial charge in [-0.1, -0.05) is 26.7 Å². The minimum atomic E-state index is -3.15. The van der Waals surface area contributed by atoms with Crippen LogP contribution in [0, 0.1) is 0 Å². The van der Waals surface area contributed by atoms with E-state index in [2.05, 4.69) is 24.1 Å². The van der Waals surface area contributed by atoms with Crippen molar-refractivity contribution in [3.05, 3.63) is 24.2 Å². The molecule has 1 saturated carbocycles. The molecule has 2 rings (SSSR count). The van der Waals surface area contributed by atoms with E-state index >= 15 is 0 Å². The SMILES string of the molecule is CCN(CC)[C@H](CNC(=O)CCS(=O)(=O)C1CCCC1)c1ccco1. The first kappa shape index (κ1) is 20.0. The molecule has 0 spiro atoms. The zero-order valence-corrected chi connectivity index (χ0v) is 16.1. The van der Waals surface area contributed by atoms with Crippen LogP contribution in [0.2, 0.25) is 0 Å². The largest absolute Gasteiger partial charge is 0.468 e. The number of hydrogen-bond donors (Lipinski definition) is 1. The monoisotopic (exact) mass is 370 g/mol. The Labute approximate surface area is 150 Å². The average Bonchev–Trinajstić information content (AvgIpc) is 3.30. The van der Waals surface area contributed by atoms with Gasteiger partial charge >= 0.3 is 0 Å². The first-order valence-electron chi connectivity index (χ1n) is 9.23. The lowest BCUT2D eigenvalue weighted by atomic mass is 10.2. The van der Waals surface area contributed by atoms with Crippen LogP contribution in [0.5, 0.6) is 0 Å². The molecule has 25 heavy (non-hydrogen) atoms. The summed E-state index contributed by atoms with van der Waals surface area (Å²) in [5.74, 6) is 0.535. The fraction of sp³-hybridized carbons (Fsp3) is 0.722. The van der Waals surface area contributed by atoms with Gasteiger partial charge in [-0.3, -0.25) is 9.69 Å².